The Morgan fingerprint density at radius 3 is 2.83 bits per heavy atom. The van der Waals surface area contributed by atoms with Gasteiger partial charge in [-0.25, -0.2) is 0 Å². The van der Waals surface area contributed by atoms with E-state index < -0.39 is 0 Å². The van der Waals surface area contributed by atoms with E-state index in [0.29, 0.717) is 18.0 Å². The average molecular weight is 267 g/mol. The number of carbonyl (C=O) groups excluding carboxylic acids is 1. The molecular formula is C13H15ClN2O2. The van der Waals surface area contributed by atoms with Gasteiger partial charge < -0.3 is 9.64 Å². The van der Waals surface area contributed by atoms with Crippen LogP contribution in [0.2, 0.25) is 5.02 Å². The van der Waals surface area contributed by atoms with Crippen molar-refractivity contribution >= 4 is 23.3 Å². The molecule has 5 heteroatoms. The van der Waals surface area contributed by atoms with Crippen molar-refractivity contribution in [3.63, 3.8) is 0 Å². The van der Waals surface area contributed by atoms with Gasteiger partial charge >= 0.3 is 5.97 Å². The number of halogens is 1. The number of rotatable bonds is 5. The molecule has 1 rings (SSSR count). The van der Waals surface area contributed by atoms with E-state index in [1.807, 2.05) is 19.1 Å². The topological polar surface area (TPSA) is 53.3 Å². The molecule has 0 N–H and O–H groups in total. The lowest BCUT2D eigenvalue weighted by Crippen LogP contribution is -2.31. The van der Waals surface area contributed by atoms with Crippen molar-refractivity contribution in [2.45, 2.75) is 13.3 Å². The molecular weight excluding hydrogens is 252 g/mol. The number of hydrogen-bond acceptors (Lipinski definition) is 4. The molecule has 0 saturated carbocycles. The van der Waals surface area contributed by atoms with Gasteiger partial charge in [0.05, 0.1) is 19.6 Å². The molecule has 0 spiro atoms. The van der Waals surface area contributed by atoms with Crippen LogP contribution in [0.3, 0.4) is 0 Å². The van der Waals surface area contributed by atoms with Gasteiger partial charge in [0.1, 0.15) is 6.54 Å². The Hall–Kier alpha value is -1.73. The molecule has 0 amide bonds. The lowest BCUT2D eigenvalue weighted by molar-refractivity contribution is -0.138. The fourth-order valence-corrected chi connectivity index (χ4v) is 1.66. The molecule has 0 heterocycles. The Balaban J connectivity index is 2.90. The Morgan fingerprint density at radius 2 is 2.28 bits per heavy atom. The SMILES string of the molecule is COC(=O)CN(CCC#N)c1ccc(C)c(Cl)c1. The summed E-state index contributed by atoms with van der Waals surface area (Å²) in [5, 5.41) is 9.27. The van der Waals surface area contributed by atoms with E-state index in [1.165, 1.54) is 7.11 Å². The van der Waals surface area contributed by atoms with Gasteiger partial charge in [-0.15, -0.1) is 0 Å². The molecule has 1 aromatic carbocycles. The van der Waals surface area contributed by atoms with Crippen LogP contribution in [0.25, 0.3) is 0 Å². The largest absolute Gasteiger partial charge is 0.468 e. The summed E-state index contributed by atoms with van der Waals surface area (Å²) in [5.74, 6) is -0.343. The van der Waals surface area contributed by atoms with Gasteiger partial charge in [0.15, 0.2) is 0 Å². The molecule has 0 aliphatic heterocycles. The summed E-state index contributed by atoms with van der Waals surface area (Å²) in [7, 11) is 1.34. The lowest BCUT2D eigenvalue weighted by Gasteiger charge is -2.22. The monoisotopic (exact) mass is 266 g/mol. The van der Waals surface area contributed by atoms with Crippen molar-refractivity contribution in [1.29, 1.82) is 5.26 Å². The maximum atomic E-state index is 11.3. The molecule has 0 saturated heterocycles. The van der Waals surface area contributed by atoms with Crippen LogP contribution in [0.4, 0.5) is 5.69 Å². The Labute approximate surface area is 112 Å². The molecule has 0 aromatic heterocycles. The Bertz CT molecular complexity index is 469. The molecule has 96 valence electrons. The average Bonchev–Trinajstić information content (AvgIpc) is 2.37. The maximum absolute atomic E-state index is 11.3. The van der Waals surface area contributed by atoms with Crippen LogP contribution in [-0.4, -0.2) is 26.2 Å². The Morgan fingerprint density at radius 1 is 1.56 bits per heavy atom. The summed E-state index contributed by atoms with van der Waals surface area (Å²) in [6.07, 6.45) is 0.336. The molecule has 0 bridgehead atoms. The maximum Gasteiger partial charge on any atom is 0.325 e. The zero-order valence-corrected chi connectivity index (χ0v) is 11.2. The standard InChI is InChI=1S/C13H15ClN2O2/c1-10-4-5-11(8-12(10)14)16(7-3-6-15)9-13(17)18-2/h4-5,8H,3,7,9H2,1-2H3. The third kappa shape index (κ3) is 3.94. The normalized spacial score (nSPS) is 9.67. The van der Waals surface area contributed by atoms with Gasteiger partial charge in [0, 0.05) is 17.3 Å². The second-order valence-corrected chi connectivity index (χ2v) is 4.25. The first kappa shape index (κ1) is 14.3. The highest BCUT2D eigenvalue weighted by atomic mass is 35.5. The predicted molar refractivity (Wildman–Crippen MR) is 70.6 cm³/mol. The number of ether oxygens (including phenoxy) is 1. The smallest absolute Gasteiger partial charge is 0.325 e. The highest BCUT2D eigenvalue weighted by Gasteiger charge is 2.12. The van der Waals surface area contributed by atoms with Gasteiger partial charge in [-0.1, -0.05) is 17.7 Å². The van der Waals surface area contributed by atoms with Crippen LogP contribution in [0.15, 0.2) is 18.2 Å². The fourth-order valence-electron chi connectivity index (χ4n) is 1.48. The van der Waals surface area contributed by atoms with Crippen molar-refractivity contribution < 1.29 is 9.53 Å². The molecule has 0 aliphatic carbocycles. The van der Waals surface area contributed by atoms with E-state index in [9.17, 15) is 4.79 Å². The lowest BCUT2D eigenvalue weighted by atomic mass is 10.2. The quantitative estimate of drug-likeness (QED) is 0.769. The van der Waals surface area contributed by atoms with Crippen molar-refractivity contribution in [2.75, 3.05) is 25.1 Å². The van der Waals surface area contributed by atoms with Crippen LogP contribution in [-0.2, 0) is 9.53 Å². The van der Waals surface area contributed by atoms with Gasteiger partial charge in [0.2, 0.25) is 0 Å². The second kappa shape index (κ2) is 6.87. The third-order valence-electron chi connectivity index (χ3n) is 2.56. The summed E-state index contributed by atoms with van der Waals surface area (Å²) in [6, 6.07) is 7.61. The second-order valence-electron chi connectivity index (χ2n) is 3.84. The molecule has 0 unspecified atom stereocenters. The molecule has 0 aliphatic rings. The first-order valence-corrected chi connectivity index (χ1v) is 5.91. The summed E-state index contributed by atoms with van der Waals surface area (Å²) in [5.41, 5.74) is 1.78. The van der Waals surface area contributed by atoms with E-state index in [-0.39, 0.29) is 12.5 Å². The zero-order valence-electron chi connectivity index (χ0n) is 10.4. The molecule has 0 atom stereocenters. The molecule has 0 radical (unpaired) electrons. The number of carbonyl (C=O) groups is 1. The number of esters is 1. The van der Waals surface area contributed by atoms with Crippen molar-refractivity contribution in [1.82, 2.24) is 0 Å². The Kier molecular flexibility index (Phi) is 5.47. The summed E-state index contributed by atoms with van der Waals surface area (Å²) < 4.78 is 4.64. The predicted octanol–water partition coefficient (Wildman–Crippen LogP) is 2.54. The summed E-state index contributed by atoms with van der Waals surface area (Å²) >= 11 is 6.05. The molecule has 0 fully saturated rings. The van der Waals surface area contributed by atoms with E-state index >= 15 is 0 Å². The highest BCUT2D eigenvalue weighted by molar-refractivity contribution is 6.31. The van der Waals surface area contributed by atoms with Crippen LogP contribution in [0.5, 0.6) is 0 Å². The van der Waals surface area contributed by atoms with E-state index in [1.54, 1.807) is 11.0 Å². The highest BCUT2D eigenvalue weighted by Crippen LogP contribution is 2.23. The minimum Gasteiger partial charge on any atom is -0.468 e. The number of methoxy groups -OCH3 is 1. The van der Waals surface area contributed by atoms with E-state index in [4.69, 9.17) is 16.9 Å². The van der Waals surface area contributed by atoms with Crippen molar-refractivity contribution in [3.05, 3.63) is 28.8 Å². The first-order valence-electron chi connectivity index (χ1n) is 5.53. The van der Waals surface area contributed by atoms with E-state index in [0.717, 1.165) is 11.3 Å². The minimum absolute atomic E-state index is 0.109. The number of nitriles is 1. The fraction of sp³-hybridized carbons (Fsp3) is 0.385. The van der Waals surface area contributed by atoms with Crippen LogP contribution in [0.1, 0.15) is 12.0 Å². The number of nitrogens with zero attached hydrogens (tertiary/aromatic N) is 2. The zero-order chi connectivity index (χ0) is 13.5. The van der Waals surface area contributed by atoms with Crippen LogP contribution in [0, 0.1) is 18.3 Å². The van der Waals surface area contributed by atoms with E-state index in [2.05, 4.69) is 10.8 Å². The van der Waals surface area contributed by atoms with Crippen molar-refractivity contribution in [2.24, 2.45) is 0 Å². The van der Waals surface area contributed by atoms with Crippen LogP contribution >= 0.6 is 11.6 Å². The first-order chi connectivity index (χ1) is 8.58. The summed E-state index contributed by atoms with van der Waals surface area (Å²) in [4.78, 5) is 13.1. The van der Waals surface area contributed by atoms with Crippen LogP contribution < -0.4 is 4.90 Å². The number of anilines is 1. The minimum atomic E-state index is -0.343. The molecule has 4 nitrogen and oxygen atoms in total. The van der Waals surface area contributed by atoms with Gasteiger partial charge in [-0.2, -0.15) is 5.26 Å². The number of aryl methyl sites for hydroxylation is 1. The van der Waals surface area contributed by atoms with Crippen molar-refractivity contribution in [3.8, 4) is 6.07 Å². The molecule has 1 aromatic rings. The number of hydrogen-bond donors (Lipinski definition) is 0. The van der Waals surface area contributed by atoms with Gasteiger partial charge in [-0.05, 0) is 24.6 Å². The summed E-state index contributed by atoms with van der Waals surface area (Å²) in [6.45, 7) is 2.48. The van der Waals surface area contributed by atoms with Gasteiger partial charge in [-0.3, -0.25) is 4.79 Å². The van der Waals surface area contributed by atoms with Gasteiger partial charge in [0.25, 0.3) is 0 Å². The third-order valence-corrected chi connectivity index (χ3v) is 2.97. The molecule has 18 heavy (non-hydrogen) atoms. The number of benzene rings is 1.